The van der Waals surface area contributed by atoms with Gasteiger partial charge in [0.15, 0.2) is 12.4 Å². The number of unbranched alkanes of at least 4 members (excludes halogenated alkanes) is 7. The van der Waals surface area contributed by atoms with Crippen molar-refractivity contribution in [2.24, 2.45) is 0 Å². The normalized spacial score (nSPS) is 11.9. The predicted molar refractivity (Wildman–Crippen MR) is 84.4 cm³/mol. The smallest absolute Gasteiger partial charge is 0.252 e. The molecule has 0 radical (unpaired) electrons. The Labute approximate surface area is 137 Å². The van der Waals surface area contributed by atoms with E-state index in [0.717, 1.165) is 0 Å². The first-order valence-electron chi connectivity index (χ1n) is 8.38. The monoisotopic (exact) mass is 313 g/mol. The van der Waals surface area contributed by atoms with E-state index in [1.54, 1.807) is 0 Å². The number of hydrogen-bond donors (Lipinski definition) is 0. The molecule has 0 saturated heterocycles. The number of rotatable bonds is 12. The van der Waals surface area contributed by atoms with Crippen molar-refractivity contribution in [2.75, 3.05) is 0 Å². The van der Waals surface area contributed by atoms with Crippen LogP contribution in [0.4, 0.5) is 0 Å². The summed E-state index contributed by atoms with van der Waals surface area (Å²) >= 11 is 0. The van der Waals surface area contributed by atoms with Gasteiger partial charge in [-0.05, 0) is 13.3 Å². The molecule has 1 unspecified atom stereocenters. The van der Waals surface area contributed by atoms with E-state index in [-0.39, 0.29) is 12.4 Å². The molecule has 0 aliphatic carbocycles. The maximum Gasteiger partial charge on any atom is 0.252 e. The lowest BCUT2D eigenvalue weighted by molar-refractivity contribution is -0.734. The molecule has 0 N–H and O–H groups in total. The van der Waals surface area contributed by atoms with Crippen molar-refractivity contribution in [2.45, 2.75) is 84.5 Å². The molecule has 0 fully saturated rings. The van der Waals surface area contributed by atoms with Crippen molar-refractivity contribution in [3.05, 3.63) is 30.6 Å². The van der Waals surface area contributed by atoms with E-state index in [2.05, 4.69) is 18.4 Å². The highest BCUT2D eigenvalue weighted by Gasteiger charge is 2.05. The Morgan fingerprint density at radius 3 is 2.05 bits per heavy atom. The van der Waals surface area contributed by atoms with Gasteiger partial charge >= 0.3 is 0 Å². The zero-order valence-electron chi connectivity index (χ0n) is 13.8. The summed E-state index contributed by atoms with van der Waals surface area (Å²) in [6.07, 6.45) is 16.7. The first kappa shape index (κ1) is 20.4. The maximum absolute atomic E-state index is 5.85. The maximum atomic E-state index is 5.85. The second-order valence-corrected chi connectivity index (χ2v) is 5.76. The molecule has 0 bridgehead atoms. The van der Waals surface area contributed by atoms with Gasteiger partial charge < -0.3 is 17.1 Å². The number of halogens is 1. The van der Waals surface area contributed by atoms with E-state index in [9.17, 15) is 0 Å². The summed E-state index contributed by atoms with van der Waals surface area (Å²) in [5.41, 5.74) is 0. The minimum Gasteiger partial charge on any atom is -1.00 e. The topological polar surface area (TPSA) is 13.1 Å². The Morgan fingerprint density at radius 1 is 0.857 bits per heavy atom. The van der Waals surface area contributed by atoms with Crippen LogP contribution in [0.1, 0.15) is 71.6 Å². The molecule has 0 aliphatic heterocycles. The second-order valence-electron chi connectivity index (χ2n) is 5.76. The van der Waals surface area contributed by atoms with Crippen LogP contribution in [-0.4, -0.2) is 6.10 Å². The fraction of sp³-hybridized carbons (Fsp3) is 0.722. The average Bonchev–Trinajstić information content (AvgIpc) is 2.49. The third-order valence-corrected chi connectivity index (χ3v) is 3.75. The highest BCUT2D eigenvalue weighted by Crippen LogP contribution is 2.11. The summed E-state index contributed by atoms with van der Waals surface area (Å²) in [6, 6.07) is 6.10. The van der Waals surface area contributed by atoms with Crippen molar-refractivity contribution in [3.8, 4) is 0 Å². The highest BCUT2D eigenvalue weighted by atomic mass is 35.5. The Kier molecular flexibility index (Phi) is 13.9. The van der Waals surface area contributed by atoms with Gasteiger partial charge in [0.05, 0.1) is 6.10 Å². The third-order valence-electron chi connectivity index (χ3n) is 3.75. The van der Waals surface area contributed by atoms with E-state index in [1.165, 1.54) is 57.8 Å². The molecule has 0 aliphatic rings. The first-order chi connectivity index (χ1) is 9.83. The van der Waals surface area contributed by atoms with Crippen LogP contribution in [-0.2, 0) is 11.5 Å². The summed E-state index contributed by atoms with van der Waals surface area (Å²) in [5, 5.41) is 0. The summed E-state index contributed by atoms with van der Waals surface area (Å²) in [7, 11) is 0. The molecule has 1 rings (SSSR count). The van der Waals surface area contributed by atoms with Gasteiger partial charge in [0.25, 0.3) is 6.73 Å². The van der Waals surface area contributed by atoms with Crippen LogP contribution < -0.4 is 17.0 Å². The average molecular weight is 314 g/mol. The van der Waals surface area contributed by atoms with Crippen LogP contribution in [0, 0.1) is 0 Å². The minimum absolute atomic E-state index is 0. The van der Waals surface area contributed by atoms with E-state index >= 15 is 0 Å². The van der Waals surface area contributed by atoms with Gasteiger partial charge in [0, 0.05) is 12.1 Å². The number of hydrogen-bond acceptors (Lipinski definition) is 1. The van der Waals surface area contributed by atoms with Gasteiger partial charge in [-0.15, -0.1) is 0 Å². The summed E-state index contributed by atoms with van der Waals surface area (Å²) < 4.78 is 7.92. The Bertz CT molecular complexity index is 318. The van der Waals surface area contributed by atoms with Gasteiger partial charge in [-0.1, -0.05) is 64.4 Å². The molecule has 1 atom stereocenters. The second kappa shape index (κ2) is 14.3. The molecular weight excluding hydrogens is 282 g/mol. The molecular formula is C18H32ClNO. The van der Waals surface area contributed by atoms with Crippen LogP contribution in [0.3, 0.4) is 0 Å². The van der Waals surface area contributed by atoms with Crippen LogP contribution in [0.2, 0.25) is 0 Å². The lowest BCUT2D eigenvalue weighted by Gasteiger charge is -2.10. The fourth-order valence-electron chi connectivity index (χ4n) is 2.38. The van der Waals surface area contributed by atoms with Gasteiger partial charge in [-0.3, -0.25) is 0 Å². The minimum atomic E-state index is 0. The van der Waals surface area contributed by atoms with Crippen LogP contribution in [0.15, 0.2) is 30.6 Å². The predicted octanol–water partition coefficient (Wildman–Crippen LogP) is 1.87. The number of nitrogens with zero attached hydrogens (tertiary/aromatic N) is 1. The van der Waals surface area contributed by atoms with Crippen molar-refractivity contribution < 1.29 is 21.7 Å². The van der Waals surface area contributed by atoms with Gasteiger partial charge in [-0.2, -0.15) is 4.57 Å². The van der Waals surface area contributed by atoms with E-state index in [4.69, 9.17) is 4.74 Å². The zero-order chi connectivity index (χ0) is 14.5. The Balaban J connectivity index is 0.00000400. The van der Waals surface area contributed by atoms with E-state index < -0.39 is 0 Å². The quantitative estimate of drug-likeness (QED) is 0.424. The summed E-state index contributed by atoms with van der Waals surface area (Å²) in [6.45, 7) is 5.12. The van der Waals surface area contributed by atoms with Gasteiger partial charge in [-0.25, -0.2) is 0 Å². The molecule has 0 saturated carbocycles. The van der Waals surface area contributed by atoms with Crippen molar-refractivity contribution in [3.63, 3.8) is 0 Å². The summed E-state index contributed by atoms with van der Waals surface area (Å²) in [5.74, 6) is 0. The fourth-order valence-corrected chi connectivity index (χ4v) is 2.38. The summed E-state index contributed by atoms with van der Waals surface area (Å²) in [4.78, 5) is 0. The standard InChI is InChI=1S/C18H32NO.ClH/c1-3-4-5-6-7-8-9-11-14-18(2)20-17-19-15-12-10-13-16-19;/h10,12-13,15-16,18H,3-9,11,14,17H2,1-2H3;1H/q+1;/p-1. The molecule has 1 aromatic heterocycles. The first-order valence-corrected chi connectivity index (χ1v) is 8.38. The SMILES string of the molecule is CCCCCCCCCCC(C)OC[n+]1ccccc1.[Cl-]. The Hall–Kier alpha value is -0.600. The largest absolute Gasteiger partial charge is 1.00 e. The molecule has 3 heteroatoms. The molecule has 2 nitrogen and oxygen atoms in total. The Morgan fingerprint density at radius 2 is 1.43 bits per heavy atom. The molecule has 0 spiro atoms. The number of ether oxygens (including phenoxy) is 1. The molecule has 0 aromatic carbocycles. The lowest BCUT2D eigenvalue weighted by atomic mass is 10.1. The van der Waals surface area contributed by atoms with Crippen LogP contribution in [0.25, 0.3) is 0 Å². The number of aromatic nitrogens is 1. The van der Waals surface area contributed by atoms with Crippen molar-refractivity contribution >= 4 is 0 Å². The van der Waals surface area contributed by atoms with Crippen molar-refractivity contribution in [1.82, 2.24) is 0 Å². The van der Waals surface area contributed by atoms with E-state index in [0.29, 0.717) is 12.8 Å². The number of pyridine rings is 1. The van der Waals surface area contributed by atoms with Crippen LogP contribution in [0.5, 0.6) is 0 Å². The van der Waals surface area contributed by atoms with Gasteiger partial charge in [0.1, 0.15) is 0 Å². The van der Waals surface area contributed by atoms with Crippen LogP contribution >= 0.6 is 0 Å². The lowest BCUT2D eigenvalue weighted by Crippen LogP contribution is -3.00. The third kappa shape index (κ3) is 11.7. The van der Waals surface area contributed by atoms with Crippen molar-refractivity contribution in [1.29, 1.82) is 0 Å². The molecule has 1 heterocycles. The molecule has 0 amide bonds. The highest BCUT2D eigenvalue weighted by molar-refractivity contribution is 4.83. The molecule has 21 heavy (non-hydrogen) atoms. The van der Waals surface area contributed by atoms with Gasteiger partial charge in [0.2, 0.25) is 0 Å². The molecule has 1 aromatic rings. The zero-order valence-corrected chi connectivity index (χ0v) is 14.5. The van der Waals surface area contributed by atoms with E-state index in [1.807, 2.05) is 30.6 Å². The molecule has 122 valence electrons.